The van der Waals surface area contributed by atoms with E-state index in [-0.39, 0.29) is 19.1 Å². The number of rotatable bonds is 6. The third-order valence-corrected chi connectivity index (χ3v) is 3.83. The Labute approximate surface area is 145 Å². The molecule has 0 aromatic heterocycles. The number of halogens is 2. The molecule has 2 aromatic rings. The van der Waals surface area contributed by atoms with E-state index in [2.05, 4.69) is 0 Å². The number of carbonyl (C=O) groups is 1. The molecule has 120 valence electrons. The van der Waals surface area contributed by atoms with Gasteiger partial charge in [0.15, 0.2) is 0 Å². The minimum absolute atomic E-state index is 0.0892. The molecule has 0 aliphatic heterocycles. The molecule has 1 amide bonds. The Morgan fingerprint density at radius 3 is 2.52 bits per heavy atom. The summed E-state index contributed by atoms with van der Waals surface area (Å²) in [6, 6.07) is 14.7. The van der Waals surface area contributed by atoms with E-state index in [1.165, 1.54) is 6.08 Å². The van der Waals surface area contributed by atoms with Crippen LogP contribution in [0.25, 0.3) is 6.08 Å². The van der Waals surface area contributed by atoms with Crippen LogP contribution in [0.15, 0.2) is 54.6 Å². The molecule has 0 bridgehead atoms. The van der Waals surface area contributed by atoms with Gasteiger partial charge >= 0.3 is 0 Å². The fourth-order valence-corrected chi connectivity index (χ4v) is 2.57. The Balaban J connectivity index is 2.09. The lowest BCUT2D eigenvalue weighted by atomic mass is 10.2. The molecule has 0 fully saturated rings. The van der Waals surface area contributed by atoms with Gasteiger partial charge in [-0.25, -0.2) is 0 Å². The van der Waals surface area contributed by atoms with Crippen molar-refractivity contribution in [3.8, 4) is 0 Å². The third kappa shape index (κ3) is 5.39. The molecule has 0 heterocycles. The minimum Gasteiger partial charge on any atom is -0.395 e. The van der Waals surface area contributed by atoms with Crippen molar-refractivity contribution in [2.24, 2.45) is 0 Å². The molecule has 0 radical (unpaired) electrons. The van der Waals surface area contributed by atoms with Gasteiger partial charge in [0.25, 0.3) is 0 Å². The number of nitrogens with zero attached hydrogens (tertiary/aromatic N) is 1. The molecule has 0 unspecified atom stereocenters. The molecular weight excluding hydrogens is 333 g/mol. The Bertz CT molecular complexity index is 687. The van der Waals surface area contributed by atoms with Crippen LogP contribution in [0, 0.1) is 0 Å². The molecular formula is C18H17Cl2NO2. The number of aliphatic hydroxyl groups excluding tert-OH is 1. The van der Waals surface area contributed by atoms with Crippen molar-refractivity contribution < 1.29 is 9.90 Å². The van der Waals surface area contributed by atoms with Gasteiger partial charge in [0.05, 0.1) is 6.61 Å². The van der Waals surface area contributed by atoms with Crippen molar-refractivity contribution in [3.05, 3.63) is 75.8 Å². The average Bonchev–Trinajstić information content (AvgIpc) is 2.54. The van der Waals surface area contributed by atoms with E-state index < -0.39 is 0 Å². The summed E-state index contributed by atoms with van der Waals surface area (Å²) in [5.41, 5.74) is 1.72. The summed E-state index contributed by atoms with van der Waals surface area (Å²) >= 11 is 11.9. The van der Waals surface area contributed by atoms with Gasteiger partial charge in [-0.15, -0.1) is 0 Å². The second-order valence-corrected chi connectivity index (χ2v) is 5.81. The van der Waals surface area contributed by atoms with E-state index in [0.717, 1.165) is 5.56 Å². The summed E-state index contributed by atoms with van der Waals surface area (Å²) in [6.07, 6.45) is 3.10. The topological polar surface area (TPSA) is 40.5 Å². The van der Waals surface area contributed by atoms with E-state index in [0.29, 0.717) is 22.2 Å². The van der Waals surface area contributed by atoms with Gasteiger partial charge in [0, 0.05) is 29.2 Å². The lowest BCUT2D eigenvalue weighted by Crippen LogP contribution is -2.31. The summed E-state index contributed by atoms with van der Waals surface area (Å²) in [5.74, 6) is -0.186. The van der Waals surface area contributed by atoms with Gasteiger partial charge in [-0.2, -0.15) is 0 Å². The normalized spacial score (nSPS) is 10.9. The SMILES string of the molecule is O=C(/C=C/c1ccc(Cl)cc1Cl)N(CCO)Cc1ccccc1. The number of carbonyl (C=O) groups excluding carboxylic acids is 1. The van der Waals surface area contributed by atoms with Crippen LogP contribution in [-0.4, -0.2) is 29.1 Å². The van der Waals surface area contributed by atoms with Gasteiger partial charge in [-0.1, -0.05) is 59.6 Å². The van der Waals surface area contributed by atoms with Crippen LogP contribution in [-0.2, 0) is 11.3 Å². The number of benzene rings is 2. The molecule has 0 saturated heterocycles. The maximum atomic E-state index is 12.3. The zero-order valence-electron chi connectivity index (χ0n) is 12.5. The molecule has 2 aromatic carbocycles. The number of aliphatic hydroxyl groups is 1. The zero-order chi connectivity index (χ0) is 16.7. The molecule has 0 saturated carbocycles. The average molecular weight is 350 g/mol. The van der Waals surface area contributed by atoms with E-state index in [1.807, 2.05) is 30.3 Å². The number of hydrogen-bond donors (Lipinski definition) is 1. The van der Waals surface area contributed by atoms with Gasteiger partial charge < -0.3 is 10.0 Å². The largest absolute Gasteiger partial charge is 0.395 e. The quantitative estimate of drug-likeness (QED) is 0.799. The highest BCUT2D eigenvalue weighted by molar-refractivity contribution is 6.35. The summed E-state index contributed by atoms with van der Waals surface area (Å²) < 4.78 is 0. The van der Waals surface area contributed by atoms with Gasteiger partial charge in [0.1, 0.15) is 0 Å². The Hall–Kier alpha value is -1.81. The fraction of sp³-hybridized carbons (Fsp3) is 0.167. The molecule has 23 heavy (non-hydrogen) atoms. The zero-order valence-corrected chi connectivity index (χ0v) is 14.0. The van der Waals surface area contributed by atoms with Crippen molar-refractivity contribution in [2.75, 3.05) is 13.2 Å². The Kier molecular flexibility index (Phi) is 6.66. The molecule has 2 rings (SSSR count). The Morgan fingerprint density at radius 2 is 1.87 bits per heavy atom. The predicted octanol–water partition coefficient (Wildman–Crippen LogP) is 4.03. The first kappa shape index (κ1) is 17.5. The molecule has 3 nitrogen and oxygen atoms in total. The van der Waals surface area contributed by atoms with Crippen molar-refractivity contribution >= 4 is 35.2 Å². The highest BCUT2D eigenvalue weighted by atomic mass is 35.5. The third-order valence-electron chi connectivity index (χ3n) is 3.27. The van der Waals surface area contributed by atoms with Crippen molar-refractivity contribution in [3.63, 3.8) is 0 Å². The monoisotopic (exact) mass is 349 g/mol. The first-order chi connectivity index (χ1) is 11.1. The summed E-state index contributed by atoms with van der Waals surface area (Å²) in [5, 5.41) is 10.2. The first-order valence-corrected chi connectivity index (χ1v) is 7.92. The molecule has 1 N–H and O–H groups in total. The van der Waals surface area contributed by atoms with Crippen molar-refractivity contribution in [2.45, 2.75) is 6.54 Å². The van der Waals surface area contributed by atoms with Crippen LogP contribution >= 0.6 is 23.2 Å². The fourth-order valence-electron chi connectivity index (χ4n) is 2.09. The van der Waals surface area contributed by atoms with E-state index >= 15 is 0 Å². The van der Waals surface area contributed by atoms with Crippen molar-refractivity contribution in [1.29, 1.82) is 0 Å². The van der Waals surface area contributed by atoms with Crippen LogP contribution in [0.5, 0.6) is 0 Å². The van der Waals surface area contributed by atoms with E-state index in [9.17, 15) is 4.79 Å². The summed E-state index contributed by atoms with van der Waals surface area (Å²) in [7, 11) is 0. The van der Waals surface area contributed by atoms with Gasteiger partial charge in [-0.05, 0) is 29.3 Å². The van der Waals surface area contributed by atoms with Crippen LogP contribution in [0.1, 0.15) is 11.1 Å². The second-order valence-electron chi connectivity index (χ2n) is 4.97. The van der Waals surface area contributed by atoms with Gasteiger partial charge in [0.2, 0.25) is 5.91 Å². The molecule has 5 heteroatoms. The molecule has 0 spiro atoms. The molecule has 0 aliphatic rings. The maximum absolute atomic E-state index is 12.3. The standard InChI is InChI=1S/C18H17Cl2NO2/c19-16-8-6-15(17(20)12-16)7-9-18(23)21(10-11-22)13-14-4-2-1-3-5-14/h1-9,12,22H,10-11,13H2/b9-7+. The van der Waals surface area contributed by atoms with Crippen molar-refractivity contribution in [1.82, 2.24) is 4.90 Å². The smallest absolute Gasteiger partial charge is 0.246 e. The van der Waals surface area contributed by atoms with Crippen LogP contribution in [0.3, 0.4) is 0 Å². The molecule has 0 atom stereocenters. The highest BCUT2D eigenvalue weighted by Gasteiger charge is 2.10. The molecule has 0 aliphatic carbocycles. The second kappa shape index (κ2) is 8.73. The summed E-state index contributed by atoms with van der Waals surface area (Å²) in [6.45, 7) is 0.624. The number of hydrogen-bond acceptors (Lipinski definition) is 2. The minimum atomic E-state index is -0.186. The lowest BCUT2D eigenvalue weighted by Gasteiger charge is -2.20. The predicted molar refractivity (Wildman–Crippen MR) is 94.4 cm³/mol. The number of amides is 1. The van der Waals surface area contributed by atoms with Gasteiger partial charge in [-0.3, -0.25) is 4.79 Å². The van der Waals surface area contributed by atoms with Crippen LogP contribution < -0.4 is 0 Å². The summed E-state index contributed by atoms with van der Waals surface area (Å²) in [4.78, 5) is 13.9. The van der Waals surface area contributed by atoms with Crippen LogP contribution in [0.4, 0.5) is 0 Å². The van der Waals surface area contributed by atoms with E-state index in [1.54, 1.807) is 29.2 Å². The van der Waals surface area contributed by atoms with E-state index in [4.69, 9.17) is 28.3 Å². The maximum Gasteiger partial charge on any atom is 0.246 e. The Morgan fingerprint density at radius 1 is 1.13 bits per heavy atom. The highest BCUT2D eigenvalue weighted by Crippen LogP contribution is 2.22. The van der Waals surface area contributed by atoms with Crippen LogP contribution in [0.2, 0.25) is 10.0 Å². The first-order valence-electron chi connectivity index (χ1n) is 7.17. The lowest BCUT2D eigenvalue weighted by molar-refractivity contribution is -0.127.